The molecular weight excluding hydrogens is 392 g/mol. The number of esters is 1. The Labute approximate surface area is 163 Å². The fourth-order valence-corrected chi connectivity index (χ4v) is 4.78. The summed E-state index contributed by atoms with van der Waals surface area (Å²) >= 11 is 2.68. The van der Waals surface area contributed by atoms with Gasteiger partial charge in [-0.2, -0.15) is 0 Å². The van der Waals surface area contributed by atoms with Crippen LogP contribution >= 0.6 is 23.1 Å². The standard InChI is InChI=1S/C16H18N4O5S2/c1-7(3-9-6-26-16(17)19-9)18-12-13(22)20-11(15(23)24)4-10(27-14(12)20)5-25-8(2)21/h4,6,10,12,14,18H,1,3,5H2,2H3,(H2,17,19)(H,23,24). The van der Waals surface area contributed by atoms with Crippen LogP contribution in [0.25, 0.3) is 0 Å². The molecule has 0 spiro atoms. The number of hydrogen-bond donors (Lipinski definition) is 3. The highest BCUT2D eigenvalue weighted by molar-refractivity contribution is 8.00. The second-order valence-corrected chi connectivity index (χ2v) is 8.26. The summed E-state index contributed by atoms with van der Waals surface area (Å²) < 4.78 is 4.98. The smallest absolute Gasteiger partial charge is 0.352 e. The molecule has 1 aromatic heterocycles. The second-order valence-electron chi connectivity index (χ2n) is 6.01. The lowest BCUT2D eigenvalue weighted by atomic mass is 10.0. The molecule has 3 unspecified atom stereocenters. The summed E-state index contributed by atoms with van der Waals surface area (Å²) in [5.41, 5.74) is 6.84. The van der Waals surface area contributed by atoms with Crippen LogP contribution in [0, 0.1) is 0 Å². The van der Waals surface area contributed by atoms with Gasteiger partial charge < -0.3 is 20.9 Å². The third-order valence-electron chi connectivity index (χ3n) is 3.95. The van der Waals surface area contributed by atoms with E-state index >= 15 is 0 Å². The van der Waals surface area contributed by atoms with E-state index in [9.17, 15) is 19.5 Å². The molecule has 2 aliphatic rings. The van der Waals surface area contributed by atoms with Crippen molar-refractivity contribution in [1.82, 2.24) is 15.2 Å². The fourth-order valence-electron chi connectivity index (χ4n) is 2.82. The Morgan fingerprint density at radius 1 is 1.52 bits per heavy atom. The molecule has 0 aromatic carbocycles. The summed E-state index contributed by atoms with van der Waals surface area (Å²) in [6, 6.07) is -0.610. The Hall–Kier alpha value is -2.53. The van der Waals surface area contributed by atoms with E-state index in [0.29, 0.717) is 17.2 Å². The number of nitrogens with one attached hydrogen (secondary N) is 1. The first-order chi connectivity index (χ1) is 12.8. The summed E-state index contributed by atoms with van der Waals surface area (Å²) in [5, 5.41) is 13.9. The Morgan fingerprint density at radius 3 is 2.85 bits per heavy atom. The normalized spacial score (nSPS) is 23.7. The van der Waals surface area contributed by atoms with Gasteiger partial charge in [0.25, 0.3) is 5.91 Å². The number of anilines is 1. The van der Waals surface area contributed by atoms with Crippen LogP contribution in [0.2, 0.25) is 0 Å². The quantitative estimate of drug-likeness (QED) is 0.435. The van der Waals surface area contributed by atoms with Crippen molar-refractivity contribution < 1.29 is 24.2 Å². The number of aliphatic carboxylic acids is 1. The topological polar surface area (TPSA) is 135 Å². The van der Waals surface area contributed by atoms with Crippen molar-refractivity contribution in [1.29, 1.82) is 0 Å². The molecule has 0 bridgehead atoms. The average Bonchev–Trinajstić information content (AvgIpc) is 3.01. The maximum atomic E-state index is 12.5. The van der Waals surface area contributed by atoms with Crippen molar-refractivity contribution in [3.8, 4) is 0 Å². The Morgan fingerprint density at radius 2 is 2.26 bits per heavy atom. The lowest BCUT2D eigenvalue weighted by molar-refractivity contribution is -0.149. The van der Waals surface area contributed by atoms with Crippen molar-refractivity contribution in [3.63, 3.8) is 0 Å². The number of fused-ring (bicyclic) bond motifs is 1. The highest BCUT2D eigenvalue weighted by Gasteiger charge is 2.54. The number of nitrogens with zero attached hydrogens (tertiary/aromatic N) is 2. The number of thioether (sulfide) groups is 1. The molecule has 3 atom stereocenters. The van der Waals surface area contributed by atoms with Crippen LogP contribution in [-0.2, 0) is 25.5 Å². The third-order valence-corrected chi connectivity index (χ3v) is 6.06. The molecule has 1 amide bonds. The molecular formula is C16H18N4O5S2. The number of hydrogen-bond acceptors (Lipinski definition) is 9. The van der Waals surface area contributed by atoms with Crippen LogP contribution < -0.4 is 11.1 Å². The zero-order valence-corrected chi connectivity index (χ0v) is 16.0. The number of β-lactam (4-membered cyclic amide) rings is 1. The molecule has 11 heteroatoms. The van der Waals surface area contributed by atoms with Crippen molar-refractivity contribution in [3.05, 3.63) is 35.1 Å². The van der Waals surface area contributed by atoms with Gasteiger partial charge in [-0.3, -0.25) is 14.5 Å². The number of allylic oxidation sites excluding steroid dienone is 1. The predicted octanol–water partition coefficient (Wildman–Crippen LogP) is 0.555. The zero-order chi connectivity index (χ0) is 19.7. The van der Waals surface area contributed by atoms with E-state index in [0.717, 1.165) is 5.69 Å². The molecule has 3 rings (SSSR count). The number of ether oxygens (including phenoxy) is 1. The largest absolute Gasteiger partial charge is 0.477 e. The molecule has 4 N–H and O–H groups in total. The van der Waals surface area contributed by atoms with E-state index in [4.69, 9.17) is 10.5 Å². The predicted molar refractivity (Wildman–Crippen MR) is 101 cm³/mol. The zero-order valence-electron chi connectivity index (χ0n) is 14.4. The molecule has 0 saturated carbocycles. The van der Waals surface area contributed by atoms with E-state index < -0.39 is 23.4 Å². The SMILES string of the molecule is C=C(Cc1csc(N)n1)NC1C(=O)N2C(C(=O)O)=CC(COC(C)=O)SC12. The number of carbonyl (C=O) groups excluding carboxylic acids is 2. The summed E-state index contributed by atoms with van der Waals surface area (Å²) in [6.07, 6.45) is 1.85. The minimum Gasteiger partial charge on any atom is -0.477 e. The van der Waals surface area contributed by atoms with Gasteiger partial charge in [-0.25, -0.2) is 9.78 Å². The number of carboxylic acid groups (broad SMARTS) is 1. The number of nitrogens with two attached hydrogens (primary N) is 1. The van der Waals surface area contributed by atoms with Gasteiger partial charge in [-0.1, -0.05) is 6.58 Å². The number of rotatable bonds is 7. The van der Waals surface area contributed by atoms with E-state index in [1.165, 1.54) is 41.0 Å². The molecule has 1 aromatic rings. The van der Waals surface area contributed by atoms with Gasteiger partial charge in [0.15, 0.2) is 5.13 Å². The van der Waals surface area contributed by atoms with Gasteiger partial charge in [0.2, 0.25) is 0 Å². The minimum absolute atomic E-state index is 0.0427. The van der Waals surface area contributed by atoms with Crippen LogP contribution in [0.1, 0.15) is 12.6 Å². The molecule has 3 heterocycles. The fraction of sp³-hybridized carbons (Fsp3) is 0.375. The molecule has 0 radical (unpaired) electrons. The highest BCUT2D eigenvalue weighted by Crippen LogP contribution is 2.41. The second kappa shape index (κ2) is 7.61. The van der Waals surface area contributed by atoms with Gasteiger partial charge in [-0.05, 0) is 6.08 Å². The van der Waals surface area contributed by atoms with E-state index in [1.54, 1.807) is 0 Å². The van der Waals surface area contributed by atoms with Crippen molar-refractivity contribution in [2.24, 2.45) is 0 Å². The molecule has 144 valence electrons. The van der Waals surface area contributed by atoms with Crippen LogP contribution in [0.15, 0.2) is 29.4 Å². The van der Waals surface area contributed by atoms with Crippen molar-refractivity contribution in [2.45, 2.75) is 30.0 Å². The van der Waals surface area contributed by atoms with Crippen LogP contribution in [0.4, 0.5) is 5.13 Å². The van der Waals surface area contributed by atoms with E-state index in [2.05, 4.69) is 16.9 Å². The maximum Gasteiger partial charge on any atom is 0.352 e. The molecule has 27 heavy (non-hydrogen) atoms. The molecule has 0 aliphatic carbocycles. The Bertz CT molecular complexity index is 837. The first kappa shape index (κ1) is 19.2. The summed E-state index contributed by atoms with van der Waals surface area (Å²) in [5.74, 6) is -1.98. The summed E-state index contributed by atoms with van der Waals surface area (Å²) in [6.45, 7) is 5.25. The van der Waals surface area contributed by atoms with Gasteiger partial charge in [0.05, 0.1) is 10.9 Å². The van der Waals surface area contributed by atoms with Gasteiger partial charge in [-0.15, -0.1) is 23.1 Å². The lowest BCUT2D eigenvalue weighted by Crippen LogP contribution is -2.69. The van der Waals surface area contributed by atoms with Crippen molar-refractivity contribution in [2.75, 3.05) is 12.3 Å². The number of carboxylic acids is 1. The van der Waals surface area contributed by atoms with Gasteiger partial charge in [0.1, 0.15) is 23.7 Å². The number of aromatic nitrogens is 1. The average molecular weight is 410 g/mol. The molecule has 9 nitrogen and oxygen atoms in total. The Balaban J connectivity index is 1.68. The number of thiazole rings is 1. The lowest BCUT2D eigenvalue weighted by Gasteiger charge is -2.50. The van der Waals surface area contributed by atoms with E-state index in [-0.39, 0.29) is 23.5 Å². The summed E-state index contributed by atoms with van der Waals surface area (Å²) in [7, 11) is 0. The summed E-state index contributed by atoms with van der Waals surface area (Å²) in [4.78, 5) is 40.4. The first-order valence-electron chi connectivity index (χ1n) is 7.97. The molecule has 1 fully saturated rings. The third kappa shape index (κ3) is 4.08. The number of carbonyl (C=O) groups is 3. The van der Waals surface area contributed by atoms with Gasteiger partial charge >= 0.3 is 11.9 Å². The van der Waals surface area contributed by atoms with Crippen molar-refractivity contribution >= 4 is 46.1 Å². The molecule has 1 saturated heterocycles. The molecule has 2 aliphatic heterocycles. The van der Waals surface area contributed by atoms with E-state index in [1.807, 2.05) is 5.38 Å². The monoisotopic (exact) mass is 410 g/mol. The van der Waals surface area contributed by atoms with Crippen LogP contribution in [0.3, 0.4) is 0 Å². The van der Waals surface area contributed by atoms with Crippen LogP contribution in [-0.4, -0.2) is 56.1 Å². The minimum atomic E-state index is -1.20. The first-order valence-corrected chi connectivity index (χ1v) is 9.79. The highest BCUT2D eigenvalue weighted by atomic mass is 32.2. The van der Waals surface area contributed by atoms with Gasteiger partial charge in [0, 0.05) is 24.4 Å². The Kier molecular flexibility index (Phi) is 5.42. The number of nitrogen functional groups attached to an aromatic ring is 1. The van der Waals surface area contributed by atoms with Crippen LogP contribution in [0.5, 0.6) is 0 Å². The number of amides is 1. The maximum absolute atomic E-state index is 12.5.